The number of alkyl halides is 3. The van der Waals surface area contributed by atoms with Crippen LogP contribution in [0.25, 0.3) is 22.8 Å². The fraction of sp³-hybridized carbons (Fsp3) is 0.219. The number of amides is 2. The molecule has 0 aliphatic heterocycles. The molecule has 0 radical (unpaired) electrons. The molecule has 0 N–H and O–H groups in total. The van der Waals surface area contributed by atoms with Crippen molar-refractivity contribution in [1.82, 2.24) is 19.3 Å². The van der Waals surface area contributed by atoms with Crippen LogP contribution in [0.15, 0.2) is 82.4 Å². The van der Waals surface area contributed by atoms with E-state index in [1.165, 1.54) is 52.2 Å². The van der Waals surface area contributed by atoms with E-state index in [1.807, 2.05) is 41.1 Å². The lowest BCUT2D eigenvalue weighted by atomic mass is 10.0. The predicted molar refractivity (Wildman–Crippen MR) is 164 cm³/mol. The second-order valence-electron chi connectivity index (χ2n) is 10.4. The summed E-state index contributed by atoms with van der Waals surface area (Å²) in [6.07, 6.45) is -2.82. The molecule has 5 aromatic rings. The van der Waals surface area contributed by atoms with Gasteiger partial charge < -0.3 is 4.74 Å². The number of carbonyl (C=O) groups is 1. The van der Waals surface area contributed by atoms with Gasteiger partial charge in [-0.05, 0) is 75.6 Å². The van der Waals surface area contributed by atoms with Gasteiger partial charge in [0, 0.05) is 28.8 Å². The number of thiazole rings is 1. The predicted octanol–water partition coefficient (Wildman–Crippen LogP) is 7.64. The van der Waals surface area contributed by atoms with E-state index in [0.717, 1.165) is 33.6 Å². The molecule has 0 bridgehead atoms. The lowest BCUT2D eigenvalue weighted by molar-refractivity contribution is -0.274. The summed E-state index contributed by atoms with van der Waals surface area (Å²) >= 11 is 1.40. The van der Waals surface area contributed by atoms with E-state index >= 15 is 0 Å². The van der Waals surface area contributed by atoms with Crippen LogP contribution < -0.4 is 9.54 Å². The molecule has 2 heterocycles. The van der Waals surface area contributed by atoms with Crippen molar-refractivity contribution in [3.8, 4) is 28.5 Å². The number of hydrogen-bond donors (Lipinski definition) is 0. The lowest BCUT2D eigenvalue weighted by Gasteiger charge is -2.14. The molecule has 44 heavy (non-hydrogen) atoms. The second-order valence-corrected chi connectivity index (χ2v) is 11.2. The molecule has 2 amide bonds. The van der Waals surface area contributed by atoms with Crippen molar-refractivity contribution in [2.24, 2.45) is 9.98 Å². The van der Waals surface area contributed by atoms with Gasteiger partial charge in [0.05, 0.1) is 11.4 Å². The minimum Gasteiger partial charge on any atom is -0.406 e. The number of benzene rings is 3. The van der Waals surface area contributed by atoms with E-state index in [4.69, 9.17) is 0 Å². The third-order valence-corrected chi connectivity index (χ3v) is 7.66. The third kappa shape index (κ3) is 7.20. The molecule has 2 aromatic heterocycles. The highest BCUT2D eigenvalue weighted by molar-refractivity contribution is 7.07. The van der Waals surface area contributed by atoms with Crippen LogP contribution in [-0.4, -0.2) is 37.4 Å². The summed E-state index contributed by atoms with van der Waals surface area (Å²) in [6.45, 7) is 9.95. The average molecular weight is 619 g/mol. The number of nitrogens with zero attached hydrogens (tertiary/aromatic N) is 6. The second kappa shape index (κ2) is 12.4. The number of halogens is 3. The quantitative estimate of drug-likeness (QED) is 0.183. The Labute approximate surface area is 255 Å². The highest BCUT2D eigenvalue weighted by Gasteiger charge is 2.31. The van der Waals surface area contributed by atoms with Gasteiger partial charge in [-0.25, -0.2) is 19.5 Å². The van der Waals surface area contributed by atoms with E-state index in [0.29, 0.717) is 28.4 Å². The Balaban J connectivity index is 1.27. The number of aryl methyl sites for hydroxylation is 4. The molecular weight excluding hydrogens is 589 g/mol. The van der Waals surface area contributed by atoms with E-state index < -0.39 is 12.4 Å². The van der Waals surface area contributed by atoms with E-state index in [1.54, 1.807) is 6.92 Å². The van der Waals surface area contributed by atoms with Crippen LogP contribution in [0.2, 0.25) is 0 Å². The Morgan fingerprint density at radius 3 is 2.27 bits per heavy atom. The molecule has 8 nitrogen and oxygen atoms in total. The van der Waals surface area contributed by atoms with Crippen LogP contribution in [0.5, 0.6) is 5.75 Å². The number of aliphatic imine (C=N–C) groups is 1. The Morgan fingerprint density at radius 2 is 1.64 bits per heavy atom. The molecule has 0 saturated heterocycles. The zero-order chi connectivity index (χ0) is 31.6. The molecular formula is C32H29F3N6O2S. The van der Waals surface area contributed by atoms with Gasteiger partial charge in [-0.2, -0.15) is 4.99 Å². The molecule has 0 saturated carbocycles. The SMILES string of the molecule is CC(Cc1ccc(-c2ncn(-c3ccc(OC(F)(F)F)cc3)n2)cc1)=NC(=O)N=c1scc(C)n1-c1c(C)cc(C)cc1C. The first kappa shape index (κ1) is 30.6. The standard InChI is InChI=1S/C32H29F3N6O2S/c1-19-14-20(2)28(21(3)15-19)41-23(5)17-44-31(41)38-30(42)37-22(4)16-24-6-8-25(9-7-24)29-36-18-40(39-29)26-10-12-27(13-11-26)43-32(33,34)35/h6-15,17-18H,16H2,1-5H3. The third-order valence-electron chi connectivity index (χ3n) is 6.71. The topological polar surface area (TPSA) is 86.7 Å². The van der Waals surface area contributed by atoms with Gasteiger partial charge in [-0.15, -0.1) is 29.6 Å². The van der Waals surface area contributed by atoms with Crippen LogP contribution in [-0.2, 0) is 6.42 Å². The number of ether oxygens (including phenoxy) is 1. The summed E-state index contributed by atoms with van der Waals surface area (Å²) < 4.78 is 44.6. The van der Waals surface area contributed by atoms with Gasteiger partial charge in [0.2, 0.25) is 0 Å². The van der Waals surface area contributed by atoms with Crippen molar-refractivity contribution >= 4 is 23.1 Å². The molecule has 226 valence electrons. The minimum atomic E-state index is -4.75. The van der Waals surface area contributed by atoms with Crippen molar-refractivity contribution < 1.29 is 22.7 Å². The summed E-state index contributed by atoms with van der Waals surface area (Å²) in [5.41, 5.74) is 8.25. The summed E-state index contributed by atoms with van der Waals surface area (Å²) in [5, 5.41) is 6.41. The molecule has 0 fully saturated rings. The van der Waals surface area contributed by atoms with Gasteiger partial charge in [0.1, 0.15) is 12.1 Å². The number of aromatic nitrogens is 4. The maximum absolute atomic E-state index is 12.8. The molecule has 3 aromatic carbocycles. The molecule has 0 aliphatic carbocycles. The van der Waals surface area contributed by atoms with Crippen molar-refractivity contribution in [1.29, 1.82) is 0 Å². The maximum atomic E-state index is 12.8. The van der Waals surface area contributed by atoms with Crippen LogP contribution in [0.3, 0.4) is 0 Å². The monoisotopic (exact) mass is 618 g/mol. The Bertz CT molecular complexity index is 1890. The molecule has 0 spiro atoms. The molecule has 0 atom stereocenters. The summed E-state index contributed by atoms with van der Waals surface area (Å²) in [4.78, 5) is 26.3. The van der Waals surface area contributed by atoms with Gasteiger partial charge in [-0.1, -0.05) is 42.0 Å². The summed E-state index contributed by atoms with van der Waals surface area (Å²) in [7, 11) is 0. The number of rotatable bonds is 6. The van der Waals surface area contributed by atoms with Crippen molar-refractivity contribution in [2.75, 3.05) is 0 Å². The summed E-state index contributed by atoms with van der Waals surface area (Å²) in [6, 6.07) is 16.5. The fourth-order valence-electron chi connectivity index (χ4n) is 4.96. The fourth-order valence-corrected chi connectivity index (χ4v) is 5.82. The molecule has 5 rings (SSSR count). The van der Waals surface area contributed by atoms with Crippen LogP contribution in [0.4, 0.5) is 18.0 Å². The van der Waals surface area contributed by atoms with Gasteiger partial charge in [0.25, 0.3) is 0 Å². The van der Waals surface area contributed by atoms with Crippen LogP contribution in [0, 0.1) is 27.7 Å². The zero-order valence-corrected chi connectivity index (χ0v) is 25.5. The Hall–Kier alpha value is -4.84. The molecule has 12 heteroatoms. The zero-order valence-electron chi connectivity index (χ0n) is 24.7. The average Bonchev–Trinajstić information content (AvgIpc) is 3.56. The first-order valence-corrected chi connectivity index (χ1v) is 14.5. The lowest BCUT2D eigenvalue weighted by Crippen LogP contribution is -2.18. The first-order valence-electron chi connectivity index (χ1n) is 13.6. The van der Waals surface area contributed by atoms with Crippen LogP contribution in [0.1, 0.15) is 34.9 Å². The number of carbonyl (C=O) groups excluding carboxylic acids is 1. The van der Waals surface area contributed by atoms with Crippen molar-refractivity contribution in [2.45, 2.75) is 47.4 Å². The smallest absolute Gasteiger partial charge is 0.406 e. The van der Waals surface area contributed by atoms with Gasteiger partial charge >= 0.3 is 12.4 Å². The van der Waals surface area contributed by atoms with Crippen molar-refractivity contribution in [3.63, 3.8) is 0 Å². The Kier molecular flexibility index (Phi) is 8.63. The molecule has 0 aliphatic rings. The maximum Gasteiger partial charge on any atom is 0.573 e. The number of hydrogen-bond acceptors (Lipinski definition) is 5. The van der Waals surface area contributed by atoms with E-state index in [-0.39, 0.29) is 5.75 Å². The van der Waals surface area contributed by atoms with Crippen molar-refractivity contribution in [3.05, 3.63) is 105 Å². The number of urea groups is 1. The minimum absolute atomic E-state index is 0.316. The van der Waals surface area contributed by atoms with E-state index in [9.17, 15) is 18.0 Å². The highest BCUT2D eigenvalue weighted by Crippen LogP contribution is 2.25. The Morgan fingerprint density at radius 1 is 0.977 bits per heavy atom. The van der Waals surface area contributed by atoms with Gasteiger partial charge in [0.15, 0.2) is 10.6 Å². The first-order chi connectivity index (χ1) is 20.9. The highest BCUT2D eigenvalue weighted by atomic mass is 32.1. The van der Waals surface area contributed by atoms with E-state index in [2.05, 4.69) is 57.7 Å². The largest absolute Gasteiger partial charge is 0.573 e. The molecule has 0 unspecified atom stereocenters. The summed E-state index contributed by atoms with van der Waals surface area (Å²) in [5.74, 6) is 0.134. The van der Waals surface area contributed by atoms with Crippen LogP contribution >= 0.6 is 11.3 Å². The normalized spacial score (nSPS) is 12.5. The van der Waals surface area contributed by atoms with Gasteiger partial charge in [-0.3, -0.25) is 4.57 Å².